The van der Waals surface area contributed by atoms with Crippen LogP contribution in [0, 0.1) is 0 Å². The molecule has 1 saturated heterocycles. The quantitative estimate of drug-likeness (QED) is 0.837. The molecule has 0 radical (unpaired) electrons. The lowest BCUT2D eigenvalue weighted by molar-refractivity contribution is 0.124. The molecule has 2 nitrogen and oxygen atoms in total. The Hall–Kier alpha value is -0.860. The molecule has 88 valence electrons. The van der Waals surface area contributed by atoms with Crippen molar-refractivity contribution in [2.45, 2.75) is 38.9 Å². The molecule has 2 heteroatoms. The number of hydrogen-bond acceptors (Lipinski definition) is 2. The summed E-state index contributed by atoms with van der Waals surface area (Å²) in [6, 6.07) is 12.1. The summed E-state index contributed by atoms with van der Waals surface area (Å²) in [5.74, 6) is 0. The molecule has 0 aliphatic carbocycles. The Morgan fingerprint density at radius 1 is 1.31 bits per heavy atom. The summed E-state index contributed by atoms with van der Waals surface area (Å²) in [5, 5.41) is 3.56. The molecular weight excluding hydrogens is 196 g/mol. The second kappa shape index (κ2) is 5.46. The Balaban J connectivity index is 2.01. The SMILES string of the molecule is CC[C@@H]1CNC(C)CN1Cc1ccccc1. The molecule has 0 spiro atoms. The van der Waals surface area contributed by atoms with Crippen molar-refractivity contribution >= 4 is 0 Å². The van der Waals surface area contributed by atoms with Gasteiger partial charge in [-0.25, -0.2) is 0 Å². The Morgan fingerprint density at radius 3 is 2.75 bits per heavy atom. The number of hydrogen-bond donors (Lipinski definition) is 1. The lowest BCUT2D eigenvalue weighted by Gasteiger charge is -2.39. The second-order valence-corrected chi connectivity index (χ2v) is 4.79. The van der Waals surface area contributed by atoms with Gasteiger partial charge in [-0.1, -0.05) is 37.3 Å². The smallest absolute Gasteiger partial charge is 0.0237 e. The molecule has 1 aliphatic rings. The maximum Gasteiger partial charge on any atom is 0.0237 e. The first-order valence-electron chi connectivity index (χ1n) is 6.31. The minimum Gasteiger partial charge on any atom is -0.311 e. The topological polar surface area (TPSA) is 15.3 Å². The third kappa shape index (κ3) is 2.83. The minimum atomic E-state index is 0.617. The first-order chi connectivity index (χ1) is 7.79. The maximum absolute atomic E-state index is 3.56. The van der Waals surface area contributed by atoms with Gasteiger partial charge in [0, 0.05) is 31.7 Å². The monoisotopic (exact) mass is 218 g/mol. The zero-order valence-electron chi connectivity index (χ0n) is 10.3. The van der Waals surface area contributed by atoms with Gasteiger partial charge in [0.25, 0.3) is 0 Å². The summed E-state index contributed by atoms with van der Waals surface area (Å²) in [6.07, 6.45) is 1.23. The van der Waals surface area contributed by atoms with E-state index in [1.165, 1.54) is 12.0 Å². The van der Waals surface area contributed by atoms with Crippen LogP contribution in [-0.2, 0) is 6.54 Å². The first kappa shape index (κ1) is 11.6. The molecule has 2 atom stereocenters. The summed E-state index contributed by atoms with van der Waals surface area (Å²) in [7, 11) is 0. The van der Waals surface area contributed by atoms with E-state index < -0.39 is 0 Å². The highest BCUT2D eigenvalue weighted by molar-refractivity contribution is 5.14. The molecule has 1 fully saturated rings. The maximum atomic E-state index is 3.56. The van der Waals surface area contributed by atoms with Gasteiger partial charge in [0.15, 0.2) is 0 Å². The van der Waals surface area contributed by atoms with Gasteiger partial charge >= 0.3 is 0 Å². The molecule has 16 heavy (non-hydrogen) atoms. The van der Waals surface area contributed by atoms with Crippen molar-refractivity contribution in [3.05, 3.63) is 35.9 Å². The Morgan fingerprint density at radius 2 is 2.06 bits per heavy atom. The highest BCUT2D eigenvalue weighted by atomic mass is 15.2. The number of nitrogens with one attached hydrogen (secondary N) is 1. The minimum absolute atomic E-state index is 0.617. The third-order valence-corrected chi connectivity index (χ3v) is 3.43. The predicted molar refractivity (Wildman–Crippen MR) is 68.4 cm³/mol. The molecular formula is C14H22N2. The first-order valence-corrected chi connectivity index (χ1v) is 6.31. The van der Waals surface area contributed by atoms with Crippen LogP contribution in [0.1, 0.15) is 25.8 Å². The molecule has 1 unspecified atom stereocenters. The molecule has 0 amide bonds. The highest BCUT2D eigenvalue weighted by Gasteiger charge is 2.23. The lowest BCUT2D eigenvalue weighted by Crippen LogP contribution is -2.54. The van der Waals surface area contributed by atoms with Crippen LogP contribution in [0.4, 0.5) is 0 Å². The van der Waals surface area contributed by atoms with Crippen molar-refractivity contribution in [3.63, 3.8) is 0 Å². The van der Waals surface area contributed by atoms with Gasteiger partial charge in [-0.05, 0) is 18.9 Å². The molecule has 1 aliphatic heterocycles. The van der Waals surface area contributed by atoms with Gasteiger partial charge in [0.05, 0.1) is 0 Å². The van der Waals surface area contributed by atoms with E-state index >= 15 is 0 Å². The van der Waals surface area contributed by atoms with Crippen molar-refractivity contribution in [3.8, 4) is 0 Å². The van der Waals surface area contributed by atoms with E-state index in [1.807, 2.05) is 0 Å². The van der Waals surface area contributed by atoms with Gasteiger partial charge in [-0.3, -0.25) is 4.90 Å². The molecule has 1 heterocycles. The van der Waals surface area contributed by atoms with Crippen molar-refractivity contribution in [1.29, 1.82) is 0 Å². The molecule has 0 bridgehead atoms. The highest BCUT2D eigenvalue weighted by Crippen LogP contribution is 2.14. The Labute approximate surface area is 98.7 Å². The van der Waals surface area contributed by atoms with Gasteiger partial charge < -0.3 is 5.32 Å². The number of rotatable bonds is 3. The largest absolute Gasteiger partial charge is 0.311 e. The summed E-state index contributed by atoms with van der Waals surface area (Å²) in [5.41, 5.74) is 1.43. The Bertz CT molecular complexity index is 310. The fraction of sp³-hybridized carbons (Fsp3) is 0.571. The standard InChI is InChI=1S/C14H22N2/c1-3-14-9-15-12(2)10-16(14)11-13-7-5-4-6-8-13/h4-8,12,14-15H,3,9-11H2,1-2H3/t12?,14-/m1/s1. The van der Waals surface area contributed by atoms with Crippen LogP contribution < -0.4 is 5.32 Å². The predicted octanol–water partition coefficient (Wildman–Crippen LogP) is 2.26. The van der Waals surface area contributed by atoms with Gasteiger partial charge in [-0.2, -0.15) is 0 Å². The number of nitrogens with zero attached hydrogens (tertiary/aromatic N) is 1. The Kier molecular flexibility index (Phi) is 3.97. The van der Waals surface area contributed by atoms with E-state index in [2.05, 4.69) is 54.4 Å². The molecule has 0 saturated carbocycles. The summed E-state index contributed by atoms with van der Waals surface area (Å²) < 4.78 is 0. The molecule has 2 rings (SSSR count). The third-order valence-electron chi connectivity index (χ3n) is 3.43. The van der Waals surface area contributed by atoms with E-state index in [0.29, 0.717) is 12.1 Å². The van der Waals surface area contributed by atoms with Crippen LogP contribution in [0.3, 0.4) is 0 Å². The molecule has 1 N–H and O–H groups in total. The number of piperazine rings is 1. The van der Waals surface area contributed by atoms with Gasteiger partial charge in [-0.15, -0.1) is 0 Å². The normalized spacial score (nSPS) is 26.9. The average Bonchev–Trinajstić information content (AvgIpc) is 2.31. The average molecular weight is 218 g/mol. The van der Waals surface area contributed by atoms with Crippen molar-refractivity contribution in [1.82, 2.24) is 10.2 Å². The molecule has 1 aromatic rings. The van der Waals surface area contributed by atoms with E-state index in [-0.39, 0.29) is 0 Å². The fourth-order valence-corrected chi connectivity index (χ4v) is 2.45. The van der Waals surface area contributed by atoms with Gasteiger partial charge in [0.2, 0.25) is 0 Å². The van der Waals surface area contributed by atoms with Crippen molar-refractivity contribution in [2.24, 2.45) is 0 Å². The van der Waals surface area contributed by atoms with Crippen molar-refractivity contribution < 1.29 is 0 Å². The summed E-state index contributed by atoms with van der Waals surface area (Å²) in [4.78, 5) is 2.61. The van der Waals surface area contributed by atoms with Crippen LogP contribution in [0.15, 0.2) is 30.3 Å². The van der Waals surface area contributed by atoms with Gasteiger partial charge in [0.1, 0.15) is 0 Å². The van der Waals surface area contributed by atoms with Crippen LogP contribution in [-0.4, -0.2) is 30.1 Å². The molecule has 1 aromatic carbocycles. The lowest BCUT2D eigenvalue weighted by atomic mass is 10.1. The van der Waals surface area contributed by atoms with E-state index in [9.17, 15) is 0 Å². The van der Waals surface area contributed by atoms with E-state index in [4.69, 9.17) is 0 Å². The van der Waals surface area contributed by atoms with Crippen LogP contribution >= 0.6 is 0 Å². The zero-order valence-corrected chi connectivity index (χ0v) is 10.3. The van der Waals surface area contributed by atoms with E-state index in [1.54, 1.807) is 0 Å². The number of benzene rings is 1. The summed E-state index contributed by atoms with van der Waals surface area (Å²) >= 11 is 0. The van der Waals surface area contributed by atoms with Crippen LogP contribution in [0.25, 0.3) is 0 Å². The van der Waals surface area contributed by atoms with Crippen LogP contribution in [0.2, 0.25) is 0 Å². The zero-order chi connectivity index (χ0) is 11.4. The van der Waals surface area contributed by atoms with E-state index in [0.717, 1.165) is 19.6 Å². The summed E-state index contributed by atoms with van der Waals surface area (Å²) in [6.45, 7) is 7.92. The second-order valence-electron chi connectivity index (χ2n) is 4.79. The van der Waals surface area contributed by atoms with Crippen LogP contribution in [0.5, 0.6) is 0 Å². The molecule has 0 aromatic heterocycles. The fourth-order valence-electron chi connectivity index (χ4n) is 2.45. The van der Waals surface area contributed by atoms with Crippen molar-refractivity contribution in [2.75, 3.05) is 13.1 Å².